The Kier molecular flexibility index (Phi) is 7.78. The second kappa shape index (κ2) is 10.4. The van der Waals surface area contributed by atoms with Gasteiger partial charge in [-0.2, -0.15) is 0 Å². The zero-order chi connectivity index (χ0) is 25.0. The molecule has 12 heteroatoms. The van der Waals surface area contributed by atoms with Crippen molar-refractivity contribution in [2.45, 2.75) is 30.5 Å². The summed E-state index contributed by atoms with van der Waals surface area (Å²) in [6, 6.07) is 5.30. The van der Waals surface area contributed by atoms with Gasteiger partial charge in [-0.25, -0.2) is 14.8 Å². The largest absolute Gasteiger partial charge is 0.480 e. The van der Waals surface area contributed by atoms with Crippen LogP contribution in [0.25, 0.3) is 0 Å². The summed E-state index contributed by atoms with van der Waals surface area (Å²) in [4.78, 5) is 58.7. The van der Waals surface area contributed by atoms with Gasteiger partial charge in [0.1, 0.15) is 11.5 Å². The molecule has 1 aliphatic carbocycles. The number of thioether (sulfide) groups is 1. The Hall–Kier alpha value is -3.18. The van der Waals surface area contributed by atoms with E-state index in [1.807, 2.05) is 0 Å². The van der Waals surface area contributed by atoms with Crippen LogP contribution in [0.2, 0.25) is 5.02 Å². The molecule has 0 bridgehead atoms. The molecule has 0 saturated heterocycles. The Balaban J connectivity index is 1.65. The fourth-order valence-electron chi connectivity index (χ4n) is 3.35. The van der Waals surface area contributed by atoms with E-state index in [0.29, 0.717) is 29.2 Å². The summed E-state index contributed by atoms with van der Waals surface area (Å²) < 4.78 is 0. The van der Waals surface area contributed by atoms with Crippen molar-refractivity contribution >= 4 is 52.7 Å². The minimum Gasteiger partial charge on any atom is -0.480 e. The summed E-state index contributed by atoms with van der Waals surface area (Å²) in [5, 5.41) is 15.3. The van der Waals surface area contributed by atoms with E-state index in [9.17, 15) is 24.3 Å². The van der Waals surface area contributed by atoms with E-state index in [4.69, 9.17) is 11.6 Å². The molecule has 1 fully saturated rings. The van der Waals surface area contributed by atoms with Crippen LogP contribution >= 0.6 is 23.4 Å². The Morgan fingerprint density at radius 1 is 1.21 bits per heavy atom. The van der Waals surface area contributed by atoms with E-state index >= 15 is 0 Å². The van der Waals surface area contributed by atoms with Crippen LogP contribution in [0.5, 0.6) is 0 Å². The van der Waals surface area contributed by atoms with E-state index in [0.717, 1.165) is 0 Å². The van der Waals surface area contributed by atoms with E-state index in [1.54, 1.807) is 44.6 Å². The van der Waals surface area contributed by atoms with Crippen LogP contribution in [-0.4, -0.2) is 70.1 Å². The predicted octanol–water partition coefficient (Wildman–Crippen LogP) is 2.08. The summed E-state index contributed by atoms with van der Waals surface area (Å²) in [6.07, 6.45) is 3.94. The van der Waals surface area contributed by atoms with Crippen LogP contribution in [0.3, 0.4) is 0 Å². The van der Waals surface area contributed by atoms with Crippen LogP contribution in [0, 0.1) is 5.41 Å². The molecule has 1 aromatic carbocycles. The second-order valence-electron chi connectivity index (χ2n) is 8.05. The van der Waals surface area contributed by atoms with Gasteiger partial charge in [0, 0.05) is 26.2 Å². The van der Waals surface area contributed by atoms with E-state index in [1.165, 1.54) is 22.9 Å². The smallest absolute Gasteiger partial charge is 0.326 e. The molecule has 1 aromatic heterocycles. The molecule has 3 amide bonds. The van der Waals surface area contributed by atoms with Gasteiger partial charge in [-0.3, -0.25) is 14.4 Å². The van der Waals surface area contributed by atoms with Crippen molar-refractivity contribution in [2.75, 3.05) is 25.7 Å². The van der Waals surface area contributed by atoms with Crippen LogP contribution in [0.4, 0.5) is 5.69 Å². The molecule has 1 saturated carbocycles. The van der Waals surface area contributed by atoms with Crippen molar-refractivity contribution in [1.82, 2.24) is 20.2 Å². The summed E-state index contributed by atoms with van der Waals surface area (Å²) in [6.45, 7) is 0. The normalized spacial score (nSPS) is 14.6. The molecule has 180 valence electrons. The van der Waals surface area contributed by atoms with Gasteiger partial charge < -0.3 is 20.6 Å². The van der Waals surface area contributed by atoms with Crippen LogP contribution in [-0.2, 0) is 20.8 Å². The van der Waals surface area contributed by atoms with E-state index in [2.05, 4.69) is 20.6 Å². The van der Waals surface area contributed by atoms with Crippen molar-refractivity contribution < 1.29 is 24.3 Å². The Labute approximate surface area is 205 Å². The number of anilines is 1. The van der Waals surface area contributed by atoms with Gasteiger partial charge in [0.2, 0.25) is 11.8 Å². The van der Waals surface area contributed by atoms with Crippen molar-refractivity contribution in [3.05, 3.63) is 46.7 Å². The summed E-state index contributed by atoms with van der Waals surface area (Å²) in [5.74, 6) is -2.62. The molecule has 0 spiro atoms. The summed E-state index contributed by atoms with van der Waals surface area (Å²) >= 11 is 7.31. The number of halogens is 1. The molecular weight excluding hydrogens is 482 g/mol. The number of nitrogens with one attached hydrogen (secondary N) is 2. The number of benzene rings is 1. The highest BCUT2D eigenvalue weighted by molar-refractivity contribution is 7.98. The third-order valence-corrected chi connectivity index (χ3v) is 6.21. The van der Waals surface area contributed by atoms with E-state index in [-0.39, 0.29) is 23.0 Å². The van der Waals surface area contributed by atoms with Gasteiger partial charge in [0.05, 0.1) is 11.2 Å². The van der Waals surface area contributed by atoms with Crippen molar-refractivity contribution in [3.8, 4) is 0 Å². The molecule has 10 nitrogen and oxygen atoms in total. The minimum atomic E-state index is -1.21. The first-order valence-corrected chi connectivity index (χ1v) is 11.9. The molecule has 34 heavy (non-hydrogen) atoms. The lowest BCUT2D eigenvalue weighted by Crippen LogP contribution is -2.49. The number of carboxylic acids is 1. The lowest BCUT2D eigenvalue weighted by molar-refractivity contribution is -0.147. The maximum absolute atomic E-state index is 12.7. The first-order chi connectivity index (χ1) is 16.1. The number of aliphatic carboxylic acids is 1. The quantitative estimate of drug-likeness (QED) is 0.267. The topological polar surface area (TPSA) is 142 Å². The zero-order valence-corrected chi connectivity index (χ0v) is 20.4. The molecule has 1 atom stereocenters. The Bertz CT molecular complexity index is 1120. The first kappa shape index (κ1) is 25.4. The fraction of sp³-hybridized carbons (Fsp3) is 0.364. The van der Waals surface area contributed by atoms with Gasteiger partial charge in [-0.05, 0) is 36.8 Å². The fourth-order valence-corrected chi connectivity index (χ4v) is 3.86. The maximum Gasteiger partial charge on any atom is 0.326 e. The zero-order valence-electron chi connectivity index (χ0n) is 18.8. The number of rotatable bonds is 9. The number of hydrogen-bond acceptors (Lipinski definition) is 7. The average molecular weight is 506 g/mol. The third kappa shape index (κ3) is 5.65. The number of nitrogens with zero attached hydrogens (tertiary/aromatic N) is 3. The summed E-state index contributed by atoms with van der Waals surface area (Å²) in [7, 11) is 3.12. The highest BCUT2D eigenvalue weighted by atomic mass is 35.5. The molecule has 1 heterocycles. The van der Waals surface area contributed by atoms with Crippen LogP contribution in [0.15, 0.2) is 35.6 Å². The second-order valence-corrected chi connectivity index (χ2v) is 9.23. The standard InChI is InChI=1S/C22H24ClN5O5S/c1-28(2)20(33)22(8-9-22)19(32)26-15(18(30)31)10-12-4-6-13(7-5-12)25-17(29)16-14(23)11-24-21(27-16)34-3/h4-7,11,15H,8-10H2,1-3H3,(H,25,29)(H,26,32)(H,30,31). The van der Waals surface area contributed by atoms with Gasteiger partial charge in [0.25, 0.3) is 5.91 Å². The Morgan fingerprint density at radius 2 is 1.85 bits per heavy atom. The number of amides is 3. The highest BCUT2D eigenvalue weighted by Gasteiger charge is 2.57. The molecule has 1 aliphatic rings. The number of carboxylic acid groups (broad SMARTS) is 1. The van der Waals surface area contributed by atoms with Crippen LogP contribution < -0.4 is 10.6 Å². The monoisotopic (exact) mass is 505 g/mol. The van der Waals surface area contributed by atoms with Crippen LogP contribution in [0.1, 0.15) is 28.9 Å². The van der Waals surface area contributed by atoms with Gasteiger partial charge in [0.15, 0.2) is 10.9 Å². The average Bonchev–Trinajstić information content (AvgIpc) is 3.61. The number of hydrogen-bond donors (Lipinski definition) is 3. The van der Waals surface area contributed by atoms with Gasteiger partial charge in [-0.15, -0.1) is 0 Å². The molecule has 2 aromatic rings. The van der Waals surface area contributed by atoms with E-state index < -0.39 is 29.2 Å². The predicted molar refractivity (Wildman–Crippen MR) is 127 cm³/mol. The lowest BCUT2D eigenvalue weighted by Gasteiger charge is -2.22. The third-order valence-electron chi connectivity index (χ3n) is 5.37. The van der Waals surface area contributed by atoms with Crippen molar-refractivity contribution in [3.63, 3.8) is 0 Å². The van der Waals surface area contributed by atoms with Gasteiger partial charge in [-0.1, -0.05) is 35.5 Å². The highest BCUT2D eigenvalue weighted by Crippen LogP contribution is 2.47. The molecular formula is C22H24ClN5O5S. The molecule has 3 rings (SSSR count). The number of carbonyl (C=O) groups is 4. The molecule has 0 radical (unpaired) electrons. The van der Waals surface area contributed by atoms with Gasteiger partial charge >= 0.3 is 5.97 Å². The molecule has 3 N–H and O–H groups in total. The van der Waals surface area contributed by atoms with Crippen molar-refractivity contribution in [2.24, 2.45) is 5.41 Å². The lowest BCUT2D eigenvalue weighted by atomic mass is 10.0. The van der Waals surface area contributed by atoms with Crippen molar-refractivity contribution in [1.29, 1.82) is 0 Å². The maximum atomic E-state index is 12.7. The molecule has 0 aliphatic heterocycles. The number of aromatic nitrogens is 2. The SMILES string of the molecule is CSc1ncc(Cl)c(C(=O)Nc2ccc(CC(NC(=O)C3(C(=O)N(C)C)CC3)C(=O)O)cc2)n1. The first-order valence-electron chi connectivity index (χ1n) is 10.3. The molecule has 1 unspecified atom stereocenters. The minimum absolute atomic E-state index is 0.0103. The number of carbonyl (C=O) groups excluding carboxylic acids is 3. The Morgan fingerprint density at radius 3 is 2.38 bits per heavy atom. The summed E-state index contributed by atoms with van der Waals surface area (Å²) in [5.41, 5.74) is -0.0539.